The fraction of sp³-hybridized carbons (Fsp3) is 0.250. The van der Waals surface area contributed by atoms with Crippen molar-refractivity contribution < 1.29 is 4.39 Å². The summed E-state index contributed by atoms with van der Waals surface area (Å²) in [4.78, 5) is 8.78. The van der Waals surface area contributed by atoms with Gasteiger partial charge in [0.2, 0.25) is 0 Å². The van der Waals surface area contributed by atoms with Crippen molar-refractivity contribution in [3.8, 4) is 5.69 Å². The SMILES string of the molecule is Cc1nn(Cc2cccc(C(C)C)n2)c2c(F)ccc(-n3ccnc3)c12. The molecule has 132 valence electrons. The van der Waals surface area contributed by atoms with Crippen molar-refractivity contribution in [1.29, 1.82) is 0 Å². The van der Waals surface area contributed by atoms with Crippen molar-refractivity contribution in [3.63, 3.8) is 0 Å². The van der Waals surface area contributed by atoms with Gasteiger partial charge in [-0.2, -0.15) is 5.10 Å². The van der Waals surface area contributed by atoms with E-state index in [0.29, 0.717) is 18.0 Å². The maximum atomic E-state index is 14.7. The average molecular weight is 349 g/mol. The topological polar surface area (TPSA) is 48.5 Å². The number of rotatable bonds is 4. The molecule has 0 saturated heterocycles. The van der Waals surface area contributed by atoms with Crippen LogP contribution in [0.15, 0.2) is 49.1 Å². The normalized spacial score (nSPS) is 11.6. The molecule has 26 heavy (non-hydrogen) atoms. The molecule has 3 aromatic heterocycles. The minimum atomic E-state index is -0.288. The molecule has 0 unspecified atom stereocenters. The fourth-order valence-electron chi connectivity index (χ4n) is 3.24. The van der Waals surface area contributed by atoms with Crippen LogP contribution in [0.5, 0.6) is 0 Å². The molecular weight excluding hydrogens is 329 g/mol. The summed E-state index contributed by atoms with van der Waals surface area (Å²) < 4.78 is 18.3. The third-order valence-electron chi connectivity index (χ3n) is 4.51. The molecule has 5 nitrogen and oxygen atoms in total. The Morgan fingerprint density at radius 3 is 2.73 bits per heavy atom. The first-order valence-corrected chi connectivity index (χ1v) is 8.64. The van der Waals surface area contributed by atoms with E-state index < -0.39 is 0 Å². The quantitative estimate of drug-likeness (QED) is 0.554. The maximum absolute atomic E-state index is 14.7. The molecule has 6 heteroatoms. The molecule has 0 atom stereocenters. The number of nitrogens with zero attached hydrogens (tertiary/aromatic N) is 5. The van der Waals surface area contributed by atoms with Gasteiger partial charge in [-0.05, 0) is 37.1 Å². The molecule has 0 amide bonds. The van der Waals surface area contributed by atoms with Gasteiger partial charge in [0, 0.05) is 23.5 Å². The van der Waals surface area contributed by atoms with E-state index in [2.05, 4.69) is 28.9 Å². The van der Waals surface area contributed by atoms with E-state index in [0.717, 1.165) is 28.2 Å². The van der Waals surface area contributed by atoms with Crippen LogP contribution in [0.1, 0.15) is 36.8 Å². The van der Waals surface area contributed by atoms with Crippen LogP contribution < -0.4 is 0 Å². The van der Waals surface area contributed by atoms with Gasteiger partial charge in [0.15, 0.2) is 0 Å². The minimum Gasteiger partial charge on any atom is -0.306 e. The van der Waals surface area contributed by atoms with E-state index in [1.54, 1.807) is 23.3 Å². The van der Waals surface area contributed by atoms with Gasteiger partial charge < -0.3 is 4.57 Å². The molecule has 0 aliphatic rings. The van der Waals surface area contributed by atoms with Crippen molar-refractivity contribution in [1.82, 2.24) is 24.3 Å². The molecule has 0 aliphatic heterocycles. The Hall–Kier alpha value is -3.02. The highest BCUT2D eigenvalue weighted by Crippen LogP contribution is 2.28. The average Bonchev–Trinajstić information content (AvgIpc) is 3.25. The number of aryl methyl sites for hydroxylation is 1. The first kappa shape index (κ1) is 16.4. The fourth-order valence-corrected chi connectivity index (χ4v) is 3.24. The third kappa shape index (κ3) is 2.77. The van der Waals surface area contributed by atoms with Gasteiger partial charge in [0.1, 0.15) is 11.3 Å². The van der Waals surface area contributed by atoms with Crippen molar-refractivity contribution >= 4 is 10.9 Å². The highest BCUT2D eigenvalue weighted by atomic mass is 19.1. The van der Waals surface area contributed by atoms with Crippen LogP contribution in [0.2, 0.25) is 0 Å². The highest BCUT2D eigenvalue weighted by Gasteiger charge is 2.17. The predicted molar refractivity (Wildman–Crippen MR) is 99.0 cm³/mol. The second-order valence-corrected chi connectivity index (χ2v) is 6.71. The molecule has 0 spiro atoms. The smallest absolute Gasteiger partial charge is 0.149 e. The molecule has 0 fully saturated rings. The van der Waals surface area contributed by atoms with Crippen LogP contribution in [0, 0.1) is 12.7 Å². The van der Waals surface area contributed by atoms with Crippen molar-refractivity contribution in [2.24, 2.45) is 0 Å². The number of pyridine rings is 1. The summed E-state index contributed by atoms with van der Waals surface area (Å²) in [6, 6.07) is 9.19. The Bertz CT molecular complexity index is 1060. The molecule has 1 aromatic carbocycles. The molecule has 0 radical (unpaired) electrons. The molecule has 3 heterocycles. The van der Waals surface area contributed by atoms with Crippen LogP contribution in [-0.2, 0) is 6.54 Å². The van der Waals surface area contributed by atoms with Crippen molar-refractivity contribution in [2.45, 2.75) is 33.2 Å². The second kappa shape index (κ2) is 6.37. The van der Waals surface area contributed by atoms with Gasteiger partial charge in [0.25, 0.3) is 0 Å². The standard InChI is InChI=1S/C20H20FN5/c1-13(2)17-6-4-5-15(23-17)11-26-20-16(21)7-8-18(19(20)14(3)24-26)25-10-9-22-12-25/h4-10,12-13H,11H2,1-3H3. The van der Waals surface area contributed by atoms with Gasteiger partial charge >= 0.3 is 0 Å². The molecule has 0 aliphatic carbocycles. The first-order valence-electron chi connectivity index (χ1n) is 8.64. The van der Waals surface area contributed by atoms with E-state index >= 15 is 0 Å². The number of imidazole rings is 1. The van der Waals surface area contributed by atoms with Crippen LogP contribution in [-0.4, -0.2) is 24.3 Å². The second-order valence-electron chi connectivity index (χ2n) is 6.71. The minimum absolute atomic E-state index is 0.288. The Kier molecular flexibility index (Phi) is 4.03. The van der Waals surface area contributed by atoms with Gasteiger partial charge in [-0.3, -0.25) is 9.67 Å². The molecule has 0 bridgehead atoms. The van der Waals surface area contributed by atoms with Gasteiger partial charge in [-0.1, -0.05) is 19.9 Å². The number of benzene rings is 1. The molecule has 0 N–H and O–H groups in total. The lowest BCUT2D eigenvalue weighted by Crippen LogP contribution is -2.06. The molecule has 0 saturated carbocycles. The maximum Gasteiger partial charge on any atom is 0.149 e. The van der Waals surface area contributed by atoms with E-state index in [9.17, 15) is 4.39 Å². The Balaban J connectivity index is 1.84. The zero-order valence-corrected chi connectivity index (χ0v) is 15.0. The summed E-state index contributed by atoms with van der Waals surface area (Å²) in [5.74, 6) is 0.0557. The zero-order chi connectivity index (χ0) is 18.3. The van der Waals surface area contributed by atoms with Crippen LogP contribution in [0.25, 0.3) is 16.6 Å². The van der Waals surface area contributed by atoms with Crippen LogP contribution >= 0.6 is 0 Å². The van der Waals surface area contributed by atoms with Crippen molar-refractivity contribution in [2.75, 3.05) is 0 Å². The lowest BCUT2D eigenvalue weighted by Gasteiger charge is -2.09. The van der Waals surface area contributed by atoms with E-state index in [1.165, 1.54) is 6.07 Å². The zero-order valence-electron chi connectivity index (χ0n) is 15.0. The summed E-state index contributed by atoms with van der Waals surface area (Å²) >= 11 is 0. The Morgan fingerprint density at radius 1 is 1.15 bits per heavy atom. The third-order valence-corrected chi connectivity index (χ3v) is 4.51. The number of aromatic nitrogens is 5. The highest BCUT2D eigenvalue weighted by molar-refractivity contribution is 5.90. The lowest BCUT2D eigenvalue weighted by molar-refractivity contribution is 0.611. The Morgan fingerprint density at radius 2 is 2.00 bits per heavy atom. The summed E-state index contributed by atoms with van der Waals surface area (Å²) in [6.07, 6.45) is 5.25. The Labute approximate surface area is 151 Å². The first-order chi connectivity index (χ1) is 12.5. The summed E-state index contributed by atoms with van der Waals surface area (Å²) in [5, 5.41) is 5.39. The largest absolute Gasteiger partial charge is 0.306 e. The predicted octanol–water partition coefficient (Wildman–Crippen LogP) is 4.24. The van der Waals surface area contributed by atoms with Gasteiger partial charge in [0.05, 0.1) is 29.9 Å². The van der Waals surface area contributed by atoms with Crippen molar-refractivity contribution in [3.05, 3.63) is 72.0 Å². The van der Waals surface area contributed by atoms with Gasteiger partial charge in [-0.25, -0.2) is 9.37 Å². The number of hydrogen-bond donors (Lipinski definition) is 0. The summed E-state index contributed by atoms with van der Waals surface area (Å²) in [5.41, 5.74) is 4.03. The van der Waals surface area contributed by atoms with E-state index in [4.69, 9.17) is 0 Å². The van der Waals surface area contributed by atoms with Crippen LogP contribution in [0.4, 0.5) is 4.39 Å². The number of halogens is 1. The van der Waals surface area contributed by atoms with Gasteiger partial charge in [-0.15, -0.1) is 0 Å². The lowest BCUT2D eigenvalue weighted by atomic mass is 10.1. The molecular formula is C20H20FN5. The molecule has 4 rings (SSSR count). The summed E-state index contributed by atoms with van der Waals surface area (Å²) in [7, 11) is 0. The number of fused-ring (bicyclic) bond motifs is 1. The van der Waals surface area contributed by atoms with E-state index in [1.807, 2.05) is 35.9 Å². The molecule has 4 aromatic rings. The van der Waals surface area contributed by atoms with Crippen LogP contribution in [0.3, 0.4) is 0 Å². The monoisotopic (exact) mass is 349 g/mol. The van der Waals surface area contributed by atoms with E-state index in [-0.39, 0.29) is 5.82 Å². The number of hydrogen-bond acceptors (Lipinski definition) is 3. The summed E-state index contributed by atoms with van der Waals surface area (Å²) in [6.45, 7) is 6.54.